The molecular formula is C14H25N5. The van der Waals surface area contributed by atoms with E-state index in [-0.39, 0.29) is 0 Å². The molecule has 1 aromatic heterocycles. The zero-order valence-corrected chi connectivity index (χ0v) is 11.9. The summed E-state index contributed by atoms with van der Waals surface area (Å²) >= 11 is 0. The maximum Gasteiger partial charge on any atom is 0.145 e. The first-order chi connectivity index (χ1) is 9.25. The highest BCUT2D eigenvalue weighted by Gasteiger charge is 2.24. The normalized spacial score (nSPS) is 16.2. The van der Waals surface area contributed by atoms with E-state index in [9.17, 15) is 0 Å². The van der Waals surface area contributed by atoms with Gasteiger partial charge in [-0.25, -0.2) is 15.8 Å². The van der Waals surface area contributed by atoms with Gasteiger partial charge in [-0.15, -0.1) is 0 Å². The van der Waals surface area contributed by atoms with E-state index in [1.807, 2.05) is 6.07 Å². The highest BCUT2D eigenvalue weighted by Crippen LogP contribution is 2.34. The van der Waals surface area contributed by atoms with Crippen LogP contribution in [0.3, 0.4) is 0 Å². The summed E-state index contributed by atoms with van der Waals surface area (Å²) in [5.74, 6) is 8.81. The second kappa shape index (κ2) is 6.70. The number of anilines is 2. The van der Waals surface area contributed by atoms with Crippen molar-refractivity contribution < 1.29 is 0 Å². The fourth-order valence-electron chi connectivity index (χ4n) is 2.27. The Balaban J connectivity index is 2.05. The summed E-state index contributed by atoms with van der Waals surface area (Å²) in [4.78, 5) is 8.93. The smallest absolute Gasteiger partial charge is 0.145 e. The van der Waals surface area contributed by atoms with Crippen molar-refractivity contribution in [2.75, 3.05) is 10.7 Å². The molecule has 0 aliphatic heterocycles. The maximum atomic E-state index is 5.47. The largest absolute Gasteiger partial charge is 0.367 e. The highest BCUT2D eigenvalue weighted by molar-refractivity contribution is 5.47. The minimum atomic E-state index is 0.502. The lowest BCUT2D eigenvalue weighted by Crippen LogP contribution is -2.21. The van der Waals surface area contributed by atoms with Gasteiger partial charge in [0.2, 0.25) is 0 Å². The molecule has 5 nitrogen and oxygen atoms in total. The maximum absolute atomic E-state index is 5.47. The number of hydrogen-bond donors (Lipinski definition) is 3. The summed E-state index contributed by atoms with van der Waals surface area (Å²) in [5.41, 5.74) is 2.62. The molecule has 0 amide bonds. The standard InChI is InChI=1S/C14H25N5/c1-3-5-12-17-13(9-14(18-12)19-15)16-11(4-2)8-10-6-7-10/h9-11H,3-8,15H2,1-2H3,(H2,16,17,18,19). The van der Waals surface area contributed by atoms with Crippen molar-refractivity contribution in [3.8, 4) is 0 Å². The second-order valence-electron chi connectivity index (χ2n) is 5.38. The molecule has 0 spiro atoms. The third kappa shape index (κ3) is 4.35. The van der Waals surface area contributed by atoms with Crippen molar-refractivity contribution in [1.82, 2.24) is 9.97 Å². The van der Waals surface area contributed by atoms with Crippen molar-refractivity contribution in [2.45, 2.75) is 58.4 Å². The molecule has 0 aromatic carbocycles. The first-order valence-electron chi connectivity index (χ1n) is 7.36. The molecule has 4 N–H and O–H groups in total. The van der Waals surface area contributed by atoms with Crippen LogP contribution in [0.15, 0.2) is 6.07 Å². The highest BCUT2D eigenvalue weighted by atomic mass is 15.3. The lowest BCUT2D eigenvalue weighted by Gasteiger charge is -2.18. The van der Waals surface area contributed by atoms with E-state index in [0.29, 0.717) is 11.9 Å². The van der Waals surface area contributed by atoms with Gasteiger partial charge in [0.15, 0.2) is 0 Å². The Labute approximate surface area is 115 Å². The summed E-state index contributed by atoms with van der Waals surface area (Å²) in [5, 5.41) is 3.53. The van der Waals surface area contributed by atoms with Gasteiger partial charge in [-0.3, -0.25) is 0 Å². The van der Waals surface area contributed by atoms with E-state index >= 15 is 0 Å². The number of nitrogens with zero attached hydrogens (tertiary/aromatic N) is 2. The lowest BCUT2D eigenvalue weighted by molar-refractivity contribution is 0.584. The molecule has 1 atom stereocenters. The van der Waals surface area contributed by atoms with E-state index < -0.39 is 0 Å². The quantitative estimate of drug-likeness (QED) is 0.496. The van der Waals surface area contributed by atoms with E-state index in [2.05, 4.69) is 34.6 Å². The molecule has 19 heavy (non-hydrogen) atoms. The molecule has 0 saturated heterocycles. The Morgan fingerprint density at radius 3 is 2.63 bits per heavy atom. The summed E-state index contributed by atoms with van der Waals surface area (Å²) in [7, 11) is 0. The van der Waals surface area contributed by atoms with Gasteiger partial charge in [0.05, 0.1) is 0 Å². The topological polar surface area (TPSA) is 75.9 Å². The van der Waals surface area contributed by atoms with Gasteiger partial charge in [0, 0.05) is 18.5 Å². The average molecular weight is 263 g/mol. The zero-order chi connectivity index (χ0) is 13.7. The molecule has 0 bridgehead atoms. The molecule has 5 heteroatoms. The van der Waals surface area contributed by atoms with Crippen LogP contribution in [0.1, 0.15) is 51.8 Å². The van der Waals surface area contributed by atoms with Gasteiger partial charge in [0.1, 0.15) is 17.5 Å². The fraction of sp³-hybridized carbons (Fsp3) is 0.714. The first-order valence-corrected chi connectivity index (χ1v) is 7.36. The number of rotatable bonds is 8. The SMILES string of the molecule is CCCc1nc(NN)cc(NC(CC)CC2CC2)n1. The third-order valence-electron chi connectivity index (χ3n) is 3.55. The Bertz CT molecular complexity index is 403. The molecule has 0 radical (unpaired) electrons. The third-order valence-corrected chi connectivity index (χ3v) is 3.55. The summed E-state index contributed by atoms with van der Waals surface area (Å²) in [6.45, 7) is 4.34. The van der Waals surface area contributed by atoms with Crippen LogP contribution in [0.5, 0.6) is 0 Å². The Morgan fingerprint density at radius 2 is 2.05 bits per heavy atom. The molecule has 1 aromatic rings. The van der Waals surface area contributed by atoms with E-state index in [1.165, 1.54) is 19.3 Å². The van der Waals surface area contributed by atoms with Crippen LogP contribution in [0.4, 0.5) is 11.6 Å². The molecule has 2 rings (SSSR count). The number of hydrogen-bond acceptors (Lipinski definition) is 5. The van der Waals surface area contributed by atoms with Crippen molar-refractivity contribution >= 4 is 11.6 Å². The fourth-order valence-corrected chi connectivity index (χ4v) is 2.27. The van der Waals surface area contributed by atoms with E-state index in [1.54, 1.807) is 0 Å². The number of nitrogen functional groups attached to an aromatic ring is 1. The number of aryl methyl sites for hydroxylation is 1. The van der Waals surface area contributed by atoms with Gasteiger partial charge in [-0.2, -0.15) is 0 Å². The van der Waals surface area contributed by atoms with Gasteiger partial charge in [0.25, 0.3) is 0 Å². The minimum Gasteiger partial charge on any atom is -0.367 e. The van der Waals surface area contributed by atoms with E-state index in [4.69, 9.17) is 5.84 Å². The van der Waals surface area contributed by atoms with Gasteiger partial charge >= 0.3 is 0 Å². The molecule has 106 valence electrons. The Hall–Kier alpha value is -1.36. The molecule has 1 fully saturated rings. The first kappa shape index (κ1) is 14.1. The van der Waals surface area contributed by atoms with Crippen molar-refractivity contribution in [1.29, 1.82) is 0 Å². The number of aromatic nitrogens is 2. The van der Waals surface area contributed by atoms with Crippen LogP contribution in [-0.2, 0) is 6.42 Å². The van der Waals surface area contributed by atoms with Crippen molar-refractivity contribution in [2.24, 2.45) is 11.8 Å². The Kier molecular flexibility index (Phi) is 4.96. The van der Waals surface area contributed by atoms with Crippen LogP contribution in [0.2, 0.25) is 0 Å². The zero-order valence-electron chi connectivity index (χ0n) is 11.9. The predicted octanol–water partition coefficient (Wildman–Crippen LogP) is 2.71. The van der Waals surface area contributed by atoms with Crippen LogP contribution < -0.4 is 16.6 Å². The Morgan fingerprint density at radius 1 is 1.32 bits per heavy atom. The number of hydrazine groups is 1. The molecule has 1 heterocycles. The second-order valence-corrected chi connectivity index (χ2v) is 5.38. The van der Waals surface area contributed by atoms with Crippen LogP contribution in [-0.4, -0.2) is 16.0 Å². The van der Waals surface area contributed by atoms with Crippen LogP contribution in [0.25, 0.3) is 0 Å². The summed E-state index contributed by atoms with van der Waals surface area (Å²) in [6.07, 6.45) is 7.05. The summed E-state index contributed by atoms with van der Waals surface area (Å²) < 4.78 is 0. The monoisotopic (exact) mass is 263 g/mol. The molecule has 1 aliphatic carbocycles. The molecule has 1 aliphatic rings. The molecular weight excluding hydrogens is 238 g/mol. The minimum absolute atomic E-state index is 0.502. The van der Waals surface area contributed by atoms with Gasteiger partial charge < -0.3 is 10.7 Å². The van der Waals surface area contributed by atoms with E-state index in [0.717, 1.165) is 36.8 Å². The molecule has 1 unspecified atom stereocenters. The van der Waals surface area contributed by atoms with Crippen LogP contribution in [0, 0.1) is 5.92 Å². The van der Waals surface area contributed by atoms with Gasteiger partial charge in [-0.1, -0.05) is 26.7 Å². The van der Waals surface area contributed by atoms with Crippen molar-refractivity contribution in [3.05, 3.63) is 11.9 Å². The predicted molar refractivity (Wildman–Crippen MR) is 78.9 cm³/mol. The average Bonchev–Trinajstić information content (AvgIpc) is 3.22. The van der Waals surface area contributed by atoms with Crippen molar-refractivity contribution in [3.63, 3.8) is 0 Å². The summed E-state index contributed by atoms with van der Waals surface area (Å²) in [6, 6.07) is 2.39. The number of nitrogens with one attached hydrogen (secondary N) is 2. The van der Waals surface area contributed by atoms with Crippen LogP contribution >= 0.6 is 0 Å². The van der Waals surface area contributed by atoms with Gasteiger partial charge in [-0.05, 0) is 25.2 Å². The molecule has 1 saturated carbocycles. The lowest BCUT2D eigenvalue weighted by atomic mass is 10.1. The number of nitrogens with two attached hydrogens (primary N) is 1.